The van der Waals surface area contributed by atoms with E-state index < -0.39 is 11.7 Å². The first-order chi connectivity index (χ1) is 10.8. The van der Waals surface area contributed by atoms with Crippen molar-refractivity contribution in [1.82, 2.24) is 0 Å². The van der Waals surface area contributed by atoms with Gasteiger partial charge < -0.3 is 4.74 Å². The highest BCUT2D eigenvalue weighted by Gasteiger charge is 2.29. The first-order valence-corrected chi connectivity index (χ1v) is 7.36. The molecule has 0 bridgehead atoms. The molecule has 0 aliphatic rings. The standard InChI is InChI=1S/C17H17BF4O/c1-18(2)15-8-7-14(11-16(15)19)23-10-9-12-3-5-13(6-4-12)17(20,21)22/h3-8,11H,9-10H2,1-2H3. The number of hydrogen-bond donors (Lipinski definition) is 0. The smallest absolute Gasteiger partial charge is 0.416 e. The Kier molecular flexibility index (Phi) is 5.34. The van der Waals surface area contributed by atoms with Crippen LogP contribution < -0.4 is 10.2 Å². The Bertz CT molecular complexity index is 651. The highest BCUT2D eigenvalue weighted by atomic mass is 19.4. The first-order valence-electron chi connectivity index (χ1n) is 7.36. The Hall–Kier alpha value is -1.98. The second kappa shape index (κ2) is 7.07. The van der Waals surface area contributed by atoms with Gasteiger partial charge in [-0.3, -0.25) is 0 Å². The molecule has 0 amide bonds. The van der Waals surface area contributed by atoms with E-state index >= 15 is 0 Å². The molecule has 0 aromatic heterocycles. The van der Waals surface area contributed by atoms with E-state index in [1.807, 2.05) is 13.6 Å². The van der Waals surface area contributed by atoms with Crippen molar-refractivity contribution in [2.24, 2.45) is 0 Å². The Balaban J connectivity index is 1.91. The normalized spacial score (nSPS) is 11.4. The Labute approximate surface area is 133 Å². The van der Waals surface area contributed by atoms with Crippen LogP contribution in [0.2, 0.25) is 13.6 Å². The number of alkyl halides is 3. The summed E-state index contributed by atoms with van der Waals surface area (Å²) in [5.74, 6) is 0.103. The molecule has 6 heteroatoms. The molecular weight excluding hydrogens is 307 g/mol. The molecular formula is C17H17BF4O. The molecule has 0 saturated carbocycles. The summed E-state index contributed by atoms with van der Waals surface area (Å²) in [6.07, 6.45) is -3.88. The van der Waals surface area contributed by atoms with Crippen LogP contribution in [0.15, 0.2) is 42.5 Å². The molecule has 0 N–H and O–H groups in total. The summed E-state index contributed by atoms with van der Waals surface area (Å²) in [6.45, 7) is 4.18. The fourth-order valence-corrected chi connectivity index (χ4v) is 2.21. The van der Waals surface area contributed by atoms with Gasteiger partial charge in [-0.15, -0.1) is 0 Å². The molecule has 2 aromatic rings. The van der Waals surface area contributed by atoms with E-state index in [1.165, 1.54) is 18.2 Å². The van der Waals surface area contributed by atoms with Crippen LogP contribution in [0.3, 0.4) is 0 Å². The largest absolute Gasteiger partial charge is 0.493 e. The van der Waals surface area contributed by atoms with Crippen molar-refractivity contribution in [3.8, 4) is 5.75 Å². The van der Waals surface area contributed by atoms with E-state index in [4.69, 9.17) is 4.74 Å². The van der Waals surface area contributed by atoms with Crippen molar-refractivity contribution >= 4 is 12.2 Å². The molecule has 0 aliphatic carbocycles. The number of benzene rings is 2. The minimum atomic E-state index is -4.33. The van der Waals surface area contributed by atoms with Crippen LogP contribution in [0, 0.1) is 5.82 Å². The number of rotatable bonds is 5. The molecule has 0 heterocycles. The van der Waals surface area contributed by atoms with Crippen LogP contribution in [-0.2, 0) is 12.6 Å². The zero-order valence-corrected chi connectivity index (χ0v) is 13.0. The van der Waals surface area contributed by atoms with Crippen molar-refractivity contribution in [2.75, 3.05) is 6.61 Å². The number of ether oxygens (including phenoxy) is 1. The van der Waals surface area contributed by atoms with Crippen molar-refractivity contribution in [2.45, 2.75) is 26.2 Å². The molecule has 2 rings (SSSR count). The third-order valence-corrected chi connectivity index (χ3v) is 3.53. The summed E-state index contributed by atoms with van der Waals surface area (Å²) in [5, 5.41) is 0. The van der Waals surface area contributed by atoms with Gasteiger partial charge in [0.15, 0.2) is 6.71 Å². The lowest BCUT2D eigenvalue weighted by molar-refractivity contribution is -0.137. The topological polar surface area (TPSA) is 9.23 Å². The summed E-state index contributed by atoms with van der Waals surface area (Å²) in [7, 11) is 0. The summed E-state index contributed by atoms with van der Waals surface area (Å²) in [5.41, 5.74) is 0.686. The summed E-state index contributed by atoms with van der Waals surface area (Å²) < 4.78 is 56.7. The Morgan fingerprint density at radius 2 is 1.65 bits per heavy atom. The first kappa shape index (κ1) is 17.4. The minimum absolute atomic E-state index is 0.0937. The van der Waals surface area contributed by atoms with E-state index in [0.29, 0.717) is 17.6 Å². The van der Waals surface area contributed by atoms with Crippen molar-refractivity contribution < 1.29 is 22.3 Å². The molecule has 0 unspecified atom stereocenters. The van der Waals surface area contributed by atoms with Gasteiger partial charge in [0.2, 0.25) is 0 Å². The Morgan fingerprint density at radius 3 is 2.17 bits per heavy atom. The monoisotopic (exact) mass is 324 g/mol. The van der Waals surface area contributed by atoms with Crippen LogP contribution in [-0.4, -0.2) is 13.3 Å². The van der Waals surface area contributed by atoms with Crippen molar-refractivity contribution in [3.05, 3.63) is 59.4 Å². The highest BCUT2D eigenvalue weighted by Crippen LogP contribution is 2.29. The molecule has 0 atom stereocenters. The van der Waals surface area contributed by atoms with Gasteiger partial charge >= 0.3 is 6.18 Å². The molecule has 122 valence electrons. The molecule has 0 radical (unpaired) electrons. The molecule has 1 nitrogen and oxygen atoms in total. The second-order valence-electron chi connectivity index (χ2n) is 5.63. The predicted octanol–water partition coefficient (Wildman–Crippen LogP) is 4.43. The van der Waals surface area contributed by atoms with Crippen LogP contribution in [0.4, 0.5) is 17.6 Å². The molecule has 0 saturated heterocycles. The van der Waals surface area contributed by atoms with Crippen LogP contribution >= 0.6 is 0 Å². The van der Waals surface area contributed by atoms with E-state index in [-0.39, 0.29) is 19.1 Å². The average Bonchev–Trinajstić information content (AvgIpc) is 2.46. The number of halogens is 4. The van der Waals surface area contributed by atoms with Gasteiger partial charge in [-0.2, -0.15) is 13.2 Å². The zero-order valence-electron chi connectivity index (χ0n) is 13.0. The average molecular weight is 324 g/mol. The lowest BCUT2D eigenvalue weighted by Crippen LogP contribution is -2.25. The SMILES string of the molecule is CB(C)c1ccc(OCCc2ccc(C(F)(F)F)cc2)cc1F. The lowest BCUT2D eigenvalue weighted by atomic mass is 9.49. The maximum atomic E-state index is 13.8. The zero-order chi connectivity index (χ0) is 17.0. The fraction of sp³-hybridized carbons (Fsp3) is 0.294. The van der Waals surface area contributed by atoms with Crippen LogP contribution in [0.1, 0.15) is 11.1 Å². The van der Waals surface area contributed by atoms with E-state index in [0.717, 1.165) is 17.7 Å². The molecule has 23 heavy (non-hydrogen) atoms. The van der Waals surface area contributed by atoms with E-state index in [9.17, 15) is 17.6 Å². The third kappa shape index (κ3) is 4.75. The molecule has 2 aromatic carbocycles. The van der Waals surface area contributed by atoms with Gasteiger partial charge in [0.25, 0.3) is 0 Å². The highest BCUT2D eigenvalue weighted by molar-refractivity contribution is 6.70. The van der Waals surface area contributed by atoms with Crippen LogP contribution in [0.25, 0.3) is 0 Å². The predicted molar refractivity (Wildman–Crippen MR) is 84.2 cm³/mol. The lowest BCUT2D eigenvalue weighted by Gasteiger charge is -2.10. The second-order valence-corrected chi connectivity index (χ2v) is 5.63. The quantitative estimate of drug-likeness (QED) is 0.584. The number of hydrogen-bond acceptors (Lipinski definition) is 1. The summed E-state index contributed by atoms with van der Waals surface area (Å²) >= 11 is 0. The fourth-order valence-electron chi connectivity index (χ4n) is 2.21. The van der Waals surface area contributed by atoms with E-state index in [2.05, 4.69) is 0 Å². The van der Waals surface area contributed by atoms with Gasteiger partial charge in [0.1, 0.15) is 11.6 Å². The third-order valence-electron chi connectivity index (χ3n) is 3.53. The summed E-state index contributed by atoms with van der Waals surface area (Å²) in [4.78, 5) is 0. The van der Waals surface area contributed by atoms with Gasteiger partial charge in [0.05, 0.1) is 12.2 Å². The molecule has 0 fully saturated rings. The van der Waals surface area contributed by atoms with Crippen molar-refractivity contribution in [3.63, 3.8) is 0 Å². The summed E-state index contributed by atoms with van der Waals surface area (Å²) in [6, 6.07) is 9.67. The minimum Gasteiger partial charge on any atom is -0.493 e. The van der Waals surface area contributed by atoms with Gasteiger partial charge in [0, 0.05) is 12.5 Å². The maximum absolute atomic E-state index is 13.8. The molecule has 0 aliphatic heterocycles. The van der Waals surface area contributed by atoms with Crippen LogP contribution in [0.5, 0.6) is 5.75 Å². The van der Waals surface area contributed by atoms with Crippen molar-refractivity contribution in [1.29, 1.82) is 0 Å². The van der Waals surface area contributed by atoms with Gasteiger partial charge in [-0.05, 0) is 29.2 Å². The Morgan fingerprint density at radius 1 is 1.00 bits per heavy atom. The van der Waals surface area contributed by atoms with Gasteiger partial charge in [-0.25, -0.2) is 4.39 Å². The molecule has 0 spiro atoms. The maximum Gasteiger partial charge on any atom is 0.416 e. The van der Waals surface area contributed by atoms with Gasteiger partial charge in [-0.1, -0.05) is 31.8 Å². The van der Waals surface area contributed by atoms with E-state index in [1.54, 1.807) is 12.1 Å².